The van der Waals surface area contributed by atoms with E-state index < -0.39 is 17.8 Å². The van der Waals surface area contributed by atoms with Crippen LogP contribution in [0.1, 0.15) is 16.7 Å². The van der Waals surface area contributed by atoms with Crippen LogP contribution >= 0.6 is 0 Å². The van der Waals surface area contributed by atoms with Gasteiger partial charge in [-0.3, -0.25) is 0 Å². The number of aromatic nitrogens is 1. The maximum Gasteiger partial charge on any atom is 0.416 e. The second-order valence-corrected chi connectivity index (χ2v) is 5.79. The molecule has 2 amide bonds. The van der Waals surface area contributed by atoms with E-state index in [1.807, 2.05) is 12.1 Å². The van der Waals surface area contributed by atoms with Crippen LogP contribution in [0.5, 0.6) is 0 Å². The van der Waals surface area contributed by atoms with Gasteiger partial charge in [-0.1, -0.05) is 17.7 Å². The number of urea groups is 1. The third kappa shape index (κ3) is 4.12. The lowest BCUT2D eigenvalue weighted by Gasteiger charge is -2.12. The normalized spacial score (nSPS) is 11.5. The van der Waals surface area contributed by atoms with E-state index >= 15 is 0 Å². The van der Waals surface area contributed by atoms with Gasteiger partial charge in [0, 0.05) is 23.9 Å². The van der Waals surface area contributed by atoms with E-state index in [0.29, 0.717) is 16.8 Å². The minimum absolute atomic E-state index is 0.00133. The van der Waals surface area contributed by atoms with Crippen LogP contribution in [-0.4, -0.2) is 11.0 Å². The van der Waals surface area contributed by atoms with Gasteiger partial charge in [-0.05, 0) is 48.2 Å². The first-order valence-electron chi connectivity index (χ1n) is 7.61. The molecule has 0 aliphatic heterocycles. The predicted octanol–water partition coefficient (Wildman–Crippen LogP) is 4.82. The molecule has 1 heterocycles. The summed E-state index contributed by atoms with van der Waals surface area (Å²) in [6.45, 7) is 1.59. The minimum Gasteiger partial charge on any atom is -0.361 e. The van der Waals surface area contributed by atoms with Gasteiger partial charge in [0.1, 0.15) is 0 Å². The Hall–Kier alpha value is -2.96. The number of halogens is 3. The number of alkyl halides is 3. The Kier molecular flexibility index (Phi) is 4.39. The average Bonchev–Trinajstić information content (AvgIpc) is 2.99. The van der Waals surface area contributed by atoms with Gasteiger partial charge < -0.3 is 15.6 Å². The molecule has 25 heavy (non-hydrogen) atoms. The number of carbonyl (C=O) groups is 1. The lowest BCUT2D eigenvalue weighted by Crippen LogP contribution is -2.28. The number of fused-ring (bicyclic) bond motifs is 1. The van der Waals surface area contributed by atoms with Crippen molar-refractivity contribution in [1.29, 1.82) is 0 Å². The smallest absolute Gasteiger partial charge is 0.361 e. The summed E-state index contributed by atoms with van der Waals surface area (Å²) < 4.78 is 38.5. The van der Waals surface area contributed by atoms with Crippen LogP contribution in [0, 0.1) is 6.92 Å². The molecular weight excluding hydrogens is 331 g/mol. The molecule has 0 saturated carbocycles. The van der Waals surface area contributed by atoms with E-state index in [9.17, 15) is 18.0 Å². The van der Waals surface area contributed by atoms with Crippen molar-refractivity contribution < 1.29 is 18.0 Å². The highest BCUT2D eigenvalue weighted by molar-refractivity contribution is 5.92. The van der Waals surface area contributed by atoms with Crippen molar-refractivity contribution in [2.75, 3.05) is 5.32 Å². The summed E-state index contributed by atoms with van der Waals surface area (Å²) in [7, 11) is 0. The van der Waals surface area contributed by atoms with Crippen molar-refractivity contribution in [2.24, 2.45) is 0 Å². The monoisotopic (exact) mass is 347 g/mol. The molecule has 0 radical (unpaired) electrons. The number of aromatic amines is 1. The summed E-state index contributed by atoms with van der Waals surface area (Å²) >= 11 is 0. The molecular formula is C18H16F3N3O. The molecule has 2 aromatic carbocycles. The largest absolute Gasteiger partial charge is 0.416 e. The number of benzene rings is 2. The first kappa shape index (κ1) is 16.9. The quantitative estimate of drug-likeness (QED) is 0.625. The number of nitrogens with one attached hydrogen (secondary N) is 3. The van der Waals surface area contributed by atoms with Crippen molar-refractivity contribution in [3.05, 3.63) is 65.4 Å². The van der Waals surface area contributed by atoms with Crippen LogP contribution in [0.3, 0.4) is 0 Å². The summed E-state index contributed by atoms with van der Waals surface area (Å²) in [6, 6.07) is 10.6. The molecule has 0 aliphatic carbocycles. The van der Waals surface area contributed by atoms with Crippen LogP contribution in [-0.2, 0) is 12.7 Å². The molecule has 0 unspecified atom stereocenters. The lowest BCUT2D eigenvalue weighted by atomic mass is 10.1. The van der Waals surface area contributed by atoms with Crippen molar-refractivity contribution >= 4 is 22.6 Å². The number of aryl methyl sites for hydroxylation is 1. The highest BCUT2D eigenvalue weighted by Gasteiger charge is 2.30. The molecule has 1 aromatic heterocycles. The van der Waals surface area contributed by atoms with Gasteiger partial charge in [0.2, 0.25) is 0 Å². The van der Waals surface area contributed by atoms with Crippen LogP contribution in [0.25, 0.3) is 10.9 Å². The van der Waals surface area contributed by atoms with Gasteiger partial charge >= 0.3 is 12.2 Å². The summed E-state index contributed by atoms with van der Waals surface area (Å²) in [5, 5.41) is 6.25. The second-order valence-electron chi connectivity index (χ2n) is 5.79. The van der Waals surface area contributed by atoms with Gasteiger partial charge in [0.25, 0.3) is 0 Å². The number of H-pyrrole nitrogens is 1. The molecule has 130 valence electrons. The average molecular weight is 347 g/mol. The number of hydrogen-bond donors (Lipinski definition) is 3. The first-order valence-corrected chi connectivity index (χ1v) is 7.61. The maximum atomic E-state index is 12.8. The van der Waals surface area contributed by atoms with E-state index in [1.165, 1.54) is 0 Å². The lowest BCUT2D eigenvalue weighted by molar-refractivity contribution is -0.137. The highest BCUT2D eigenvalue weighted by atomic mass is 19.4. The van der Waals surface area contributed by atoms with Crippen molar-refractivity contribution in [3.8, 4) is 0 Å². The first-order chi connectivity index (χ1) is 11.8. The molecule has 3 aromatic rings. The fourth-order valence-electron chi connectivity index (χ4n) is 2.61. The van der Waals surface area contributed by atoms with Gasteiger partial charge in [0.15, 0.2) is 0 Å². The standard InChI is InChI=1S/C18H16F3N3O/c1-11-6-12(8-14(7-11)18(19,20)21)10-23-17(25)24-15-3-2-13-4-5-22-16(13)9-15/h2-9,22H,10H2,1H3,(H2,23,24,25). The Morgan fingerprint density at radius 2 is 1.92 bits per heavy atom. The number of amides is 2. The number of anilines is 1. The Morgan fingerprint density at radius 3 is 2.68 bits per heavy atom. The molecule has 0 bridgehead atoms. The second kappa shape index (κ2) is 6.51. The van der Waals surface area contributed by atoms with Gasteiger partial charge in [-0.15, -0.1) is 0 Å². The molecule has 0 saturated heterocycles. The molecule has 0 fully saturated rings. The summed E-state index contributed by atoms with van der Waals surface area (Å²) in [6.07, 6.45) is -2.61. The molecule has 7 heteroatoms. The van der Waals surface area contributed by atoms with Crippen molar-refractivity contribution in [1.82, 2.24) is 10.3 Å². The third-order valence-corrected chi connectivity index (χ3v) is 3.73. The number of carbonyl (C=O) groups excluding carboxylic acids is 1. The van der Waals surface area contributed by atoms with E-state index in [4.69, 9.17) is 0 Å². The zero-order chi connectivity index (χ0) is 18.0. The fraction of sp³-hybridized carbons (Fsp3) is 0.167. The minimum atomic E-state index is -4.41. The van der Waals surface area contributed by atoms with E-state index in [1.54, 1.807) is 31.3 Å². The Balaban J connectivity index is 1.65. The highest BCUT2D eigenvalue weighted by Crippen LogP contribution is 2.30. The van der Waals surface area contributed by atoms with E-state index in [0.717, 1.165) is 23.0 Å². The van der Waals surface area contributed by atoms with Gasteiger partial charge in [-0.2, -0.15) is 13.2 Å². The van der Waals surface area contributed by atoms with Crippen LogP contribution < -0.4 is 10.6 Å². The summed E-state index contributed by atoms with van der Waals surface area (Å²) in [4.78, 5) is 15.0. The van der Waals surface area contributed by atoms with Gasteiger partial charge in [0.05, 0.1) is 5.56 Å². The summed E-state index contributed by atoms with van der Waals surface area (Å²) in [5.74, 6) is 0. The summed E-state index contributed by atoms with van der Waals surface area (Å²) in [5.41, 5.74) is 1.63. The molecule has 0 spiro atoms. The van der Waals surface area contributed by atoms with Crippen LogP contribution in [0.4, 0.5) is 23.7 Å². The molecule has 3 N–H and O–H groups in total. The van der Waals surface area contributed by atoms with Crippen LogP contribution in [0.2, 0.25) is 0 Å². The van der Waals surface area contributed by atoms with Crippen molar-refractivity contribution in [2.45, 2.75) is 19.6 Å². The zero-order valence-electron chi connectivity index (χ0n) is 13.4. The zero-order valence-corrected chi connectivity index (χ0v) is 13.4. The molecule has 0 aliphatic rings. The molecule has 0 atom stereocenters. The Bertz CT molecular complexity index is 915. The number of rotatable bonds is 3. The molecule has 4 nitrogen and oxygen atoms in total. The Morgan fingerprint density at radius 1 is 1.12 bits per heavy atom. The predicted molar refractivity (Wildman–Crippen MR) is 90.3 cm³/mol. The SMILES string of the molecule is Cc1cc(CNC(=O)Nc2ccc3cc[nH]c3c2)cc(C(F)(F)F)c1. The number of hydrogen-bond acceptors (Lipinski definition) is 1. The third-order valence-electron chi connectivity index (χ3n) is 3.73. The molecule has 3 rings (SSSR count). The van der Waals surface area contributed by atoms with Crippen LogP contribution in [0.15, 0.2) is 48.7 Å². The topological polar surface area (TPSA) is 56.9 Å². The van der Waals surface area contributed by atoms with Crippen molar-refractivity contribution in [3.63, 3.8) is 0 Å². The van der Waals surface area contributed by atoms with Gasteiger partial charge in [-0.25, -0.2) is 4.79 Å². The maximum absolute atomic E-state index is 12.8. The van der Waals surface area contributed by atoms with E-state index in [-0.39, 0.29) is 6.54 Å². The Labute approximate surface area is 142 Å². The van der Waals surface area contributed by atoms with E-state index in [2.05, 4.69) is 15.6 Å². The fourth-order valence-corrected chi connectivity index (χ4v) is 2.61.